The molecule has 0 saturated carbocycles. The molecule has 0 radical (unpaired) electrons. The minimum atomic E-state index is 0.799. The van der Waals surface area contributed by atoms with Crippen molar-refractivity contribution in [3.05, 3.63) is 54.1 Å². The maximum absolute atomic E-state index is 5.74. The van der Waals surface area contributed by atoms with Crippen LogP contribution in [-0.2, 0) is 0 Å². The lowest BCUT2D eigenvalue weighted by Gasteiger charge is -2.08. The Bertz CT molecular complexity index is 466. The highest BCUT2D eigenvalue weighted by Crippen LogP contribution is 2.25. The standard InChI is InChI=1S/C13H14N2O/c1-10-4-2-3-5-13(10)16-12-8-6-11(15-14)7-9-12/h2-9,15H,14H2,1H3. The van der Waals surface area contributed by atoms with Gasteiger partial charge < -0.3 is 10.2 Å². The molecule has 3 heteroatoms. The molecule has 2 rings (SSSR count). The zero-order chi connectivity index (χ0) is 11.4. The molecule has 3 N–H and O–H groups in total. The van der Waals surface area contributed by atoms with Crippen molar-refractivity contribution >= 4 is 5.69 Å². The van der Waals surface area contributed by atoms with Gasteiger partial charge >= 0.3 is 0 Å². The number of hydrogen-bond acceptors (Lipinski definition) is 3. The lowest BCUT2D eigenvalue weighted by molar-refractivity contribution is 0.479. The van der Waals surface area contributed by atoms with Crippen molar-refractivity contribution in [3.8, 4) is 11.5 Å². The number of aryl methyl sites for hydroxylation is 1. The van der Waals surface area contributed by atoms with E-state index in [0.29, 0.717) is 0 Å². The predicted octanol–water partition coefficient (Wildman–Crippen LogP) is 3.07. The van der Waals surface area contributed by atoms with Crippen molar-refractivity contribution in [1.29, 1.82) is 0 Å². The van der Waals surface area contributed by atoms with E-state index >= 15 is 0 Å². The van der Waals surface area contributed by atoms with E-state index in [0.717, 1.165) is 22.7 Å². The molecule has 0 fully saturated rings. The van der Waals surface area contributed by atoms with Crippen LogP contribution in [0.25, 0.3) is 0 Å². The van der Waals surface area contributed by atoms with Gasteiger partial charge in [-0.15, -0.1) is 0 Å². The number of rotatable bonds is 3. The van der Waals surface area contributed by atoms with Gasteiger partial charge in [0.15, 0.2) is 0 Å². The Hall–Kier alpha value is -2.00. The van der Waals surface area contributed by atoms with Gasteiger partial charge in [0.2, 0.25) is 0 Å². The lowest BCUT2D eigenvalue weighted by atomic mass is 10.2. The molecule has 2 aromatic rings. The molecule has 0 aliphatic carbocycles. The van der Waals surface area contributed by atoms with Gasteiger partial charge in [0.1, 0.15) is 11.5 Å². The highest BCUT2D eigenvalue weighted by molar-refractivity contribution is 5.46. The van der Waals surface area contributed by atoms with Crippen LogP contribution < -0.4 is 16.0 Å². The number of nitrogens with two attached hydrogens (primary N) is 1. The van der Waals surface area contributed by atoms with E-state index < -0.39 is 0 Å². The Kier molecular flexibility index (Phi) is 3.08. The molecule has 0 aromatic heterocycles. The summed E-state index contributed by atoms with van der Waals surface area (Å²) in [4.78, 5) is 0. The number of nitrogens with one attached hydrogen (secondary N) is 1. The Morgan fingerprint density at radius 2 is 1.69 bits per heavy atom. The van der Waals surface area contributed by atoms with E-state index in [-0.39, 0.29) is 0 Å². The Balaban J connectivity index is 2.18. The van der Waals surface area contributed by atoms with E-state index in [9.17, 15) is 0 Å². The third-order valence-corrected chi connectivity index (χ3v) is 2.34. The molecule has 2 aromatic carbocycles. The average molecular weight is 214 g/mol. The SMILES string of the molecule is Cc1ccccc1Oc1ccc(NN)cc1. The summed E-state index contributed by atoms with van der Waals surface area (Å²) in [5, 5.41) is 0. The second-order valence-corrected chi connectivity index (χ2v) is 3.54. The summed E-state index contributed by atoms with van der Waals surface area (Å²) in [5.74, 6) is 6.96. The van der Waals surface area contributed by atoms with Crippen molar-refractivity contribution in [3.63, 3.8) is 0 Å². The predicted molar refractivity (Wildman–Crippen MR) is 65.5 cm³/mol. The minimum Gasteiger partial charge on any atom is -0.457 e. The summed E-state index contributed by atoms with van der Waals surface area (Å²) in [6, 6.07) is 15.4. The fourth-order valence-corrected chi connectivity index (χ4v) is 1.42. The van der Waals surface area contributed by atoms with E-state index in [4.69, 9.17) is 10.6 Å². The lowest BCUT2D eigenvalue weighted by Crippen LogP contribution is -2.05. The first-order valence-electron chi connectivity index (χ1n) is 5.10. The maximum atomic E-state index is 5.74. The number of nitrogen functional groups attached to an aromatic ring is 1. The first-order chi connectivity index (χ1) is 7.79. The van der Waals surface area contributed by atoms with Crippen LogP contribution in [0.4, 0.5) is 5.69 Å². The van der Waals surface area contributed by atoms with Crippen molar-refractivity contribution in [1.82, 2.24) is 0 Å². The van der Waals surface area contributed by atoms with Gasteiger partial charge in [0.25, 0.3) is 0 Å². The maximum Gasteiger partial charge on any atom is 0.130 e. The Morgan fingerprint density at radius 3 is 2.31 bits per heavy atom. The van der Waals surface area contributed by atoms with Gasteiger partial charge in [-0.05, 0) is 42.8 Å². The van der Waals surface area contributed by atoms with Gasteiger partial charge in [0.05, 0.1) is 0 Å². The summed E-state index contributed by atoms with van der Waals surface area (Å²) in [6.07, 6.45) is 0. The topological polar surface area (TPSA) is 47.3 Å². The molecule has 0 aliphatic heterocycles. The molecule has 0 spiro atoms. The van der Waals surface area contributed by atoms with E-state index in [1.165, 1.54) is 0 Å². The summed E-state index contributed by atoms with van der Waals surface area (Å²) in [7, 11) is 0. The monoisotopic (exact) mass is 214 g/mol. The van der Waals surface area contributed by atoms with E-state index in [2.05, 4.69) is 5.43 Å². The number of hydrogen-bond donors (Lipinski definition) is 2. The molecular formula is C13H14N2O. The Morgan fingerprint density at radius 1 is 1.00 bits per heavy atom. The van der Waals surface area contributed by atoms with Crippen LogP contribution in [0, 0.1) is 6.92 Å². The third kappa shape index (κ3) is 2.32. The summed E-state index contributed by atoms with van der Waals surface area (Å²) >= 11 is 0. The second-order valence-electron chi connectivity index (χ2n) is 3.54. The van der Waals surface area contributed by atoms with Crippen molar-refractivity contribution in [2.24, 2.45) is 5.84 Å². The van der Waals surface area contributed by atoms with E-state index in [1.54, 1.807) is 0 Å². The van der Waals surface area contributed by atoms with Gasteiger partial charge in [-0.3, -0.25) is 5.84 Å². The molecular weight excluding hydrogens is 200 g/mol. The molecule has 3 nitrogen and oxygen atoms in total. The minimum absolute atomic E-state index is 0.799. The first kappa shape index (κ1) is 10.5. The number of anilines is 1. The van der Waals surface area contributed by atoms with Crippen LogP contribution in [0.15, 0.2) is 48.5 Å². The van der Waals surface area contributed by atoms with Gasteiger partial charge in [-0.2, -0.15) is 0 Å². The molecule has 0 unspecified atom stereocenters. The summed E-state index contributed by atoms with van der Waals surface area (Å²) in [6.45, 7) is 2.02. The molecule has 0 bridgehead atoms. The van der Waals surface area contributed by atoms with Gasteiger partial charge in [-0.1, -0.05) is 18.2 Å². The zero-order valence-corrected chi connectivity index (χ0v) is 9.10. The Labute approximate surface area is 94.8 Å². The zero-order valence-electron chi connectivity index (χ0n) is 9.10. The van der Waals surface area contributed by atoms with Crippen LogP contribution in [0.2, 0.25) is 0 Å². The molecule has 82 valence electrons. The molecule has 0 aliphatic rings. The quantitative estimate of drug-likeness (QED) is 0.609. The normalized spacial score (nSPS) is 9.88. The highest BCUT2D eigenvalue weighted by atomic mass is 16.5. The second kappa shape index (κ2) is 4.68. The largest absolute Gasteiger partial charge is 0.457 e. The van der Waals surface area contributed by atoms with Gasteiger partial charge in [-0.25, -0.2) is 0 Å². The first-order valence-corrected chi connectivity index (χ1v) is 5.10. The molecule has 0 atom stereocenters. The summed E-state index contributed by atoms with van der Waals surface area (Å²) in [5.41, 5.74) is 4.55. The van der Waals surface area contributed by atoms with Gasteiger partial charge in [0, 0.05) is 5.69 Å². The van der Waals surface area contributed by atoms with Crippen molar-refractivity contribution in [2.75, 3.05) is 5.43 Å². The van der Waals surface area contributed by atoms with Crippen LogP contribution in [0.5, 0.6) is 11.5 Å². The fourth-order valence-electron chi connectivity index (χ4n) is 1.42. The molecule has 16 heavy (non-hydrogen) atoms. The highest BCUT2D eigenvalue weighted by Gasteiger charge is 1.99. The molecule has 0 amide bonds. The van der Waals surface area contributed by atoms with Crippen LogP contribution in [0.1, 0.15) is 5.56 Å². The van der Waals surface area contributed by atoms with Crippen molar-refractivity contribution < 1.29 is 4.74 Å². The van der Waals surface area contributed by atoms with Crippen LogP contribution in [0.3, 0.4) is 0 Å². The molecule has 0 heterocycles. The number of hydrazine groups is 1. The number of ether oxygens (including phenoxy) is 1. The molecule has 0 saturated heterocycles. The van der Waals surface area contributed by atoms with Crippen LogP contribution in [-0.4, -0.2) is 0 Å². The van der Waals surface area contributed by atoms with E-state index in [1.807, 2.05) is 55.5 Å². The summed E-state index contributed by atoms with van der Waals surface area (Å²) < 4.78 is 5.74. The smallest absolute Gasteiger partial charge is 0.130 e. The number of para-hydroxylation sites is 1. The third-order valence-electron chi connectivity index (χ3n) is 2.34. The fraction of sp³-hybridized carbons (Fsp3) is 0.0769. The van der Waals surface area contributed by atoms with Crippen LogP contribution >= 0.6 is 0 Å². The van der Waals surface area contributed by atoms with Crippen molar-refractivity contribution in [2.45, 2.75) is 6.92 Å². The number of benzene rings is 2. The average Bonchev–Trinajstić information content (AvgIpc) is 2.33.